The quantitative estimate of drug-likeness (QED) is 0.530. The van der Waals surface area contributed by atoms with Crippen LogP contribution in [0.15, 0.2) is 59.8 Å². The average molecular weight is 443 g/mol. The Balaban J connectivity index is 1.48. The van der Waals surface area contributed by atoms with Gasteiger partial charge in [0.2, 0.25) is 0 Å². The SMILES string of the molecule is O=C(NCc1nnc(SC[C@@H]2CCCO2)n1Cc1ccccc1)c1cccc(Cl)c1. The van der Waals surface area contributed by atoms with Gasteiger partial charge in [0.05, 0.1) is 19.2 Å². The number of nitrogens with one attached hydrogen (secondary N) is 1. The van der Waals surface area contributed by atoms with Gasteiger partial charge in [-0.15, -0.1) is 10.2 Å². The molecule has 1 saturated heterocycles. The maximum absolute atomic E-state index is 12.5. The minimum absolute atomic E-state index is 0.194. The Morgan fingerprint density at radius 1 is 1.20 bits per heavy atom. The summed E-state index contributed by atoms with van der Waals surface area (Å²) in [4.78, 5) is 12.5. The maximum atomic E-state index is 12.5. The van der Waals surface area contributed by atoms with Crippen molar-refractivity contribution in [3.63, 3.8) is 0 Å². The van der Waals surface area contributed by atoms with E-state index in [0.29, 0.717) is 23.0 Å². The summed E-state index contributed by atoms with van der Waals surface area (Å²) in [6.07, 6.45) is 2.47. The van der Waals surface area contributed by atoms with E-state index in [1.165, 1.54) is 0 Å². The zero-order valence-electron chi connectivity index (χ0n) is 16.5. The number of carbonyl (C=O) groups is 1. The van der Waals surface area contributed by atoms with Gasteiger partial charge in [-0.05, 0) is 36.6 Å². The summed E-state index contributed by atoms with van der Waals surface area (Å²) >= 11 is 7.65. The first-order chi connectivity index (χ1) is 14.7. The molecule has 6 nitrogen and oxygen atoms in total. The van der Waals surface area contributed by atoms with E-state index in [2.05, 4.69) is 32.2 Å². The molecule has 1 amide bonds. The molecule has 0 unspecified atom stereocenters. The van der Waals surface area contributed by atoms with Gasteiger partial charge in [-0.2, -0.15) is 0 Å². The molecule has 2 heterocycles. The average Bonchev–Trinajstić information content (AvgIpc) is 3.41. The molecule has 1 fully saturated rings. The molecule has 3 aromatic rings. The summed E-state index contributed by atoms with van der Waals surface area (Å²) in [6, 6.07) is 17.0. The summed E-state index contributed by atoms with van der Waals surface area (Å²) in [6.45, 7) is 1.76. The fourth-order valence-corrected chi connectivity index (χ4v) is 4.53. The predicted octanol–water partition coefficient (Wildman–Crippen LogP) is 4.18. The normalized spacial score (nSPS) is 16.0. The minimum atomic E-state index is -0.194. The smallest absolute Gasteiger partial charge is 0.251 e. The van der Waals surface area contributed by atoms with E-state index < -0.39 is 0 Å². The molecular formula is C22H23ClN4O2S. The number of hydrogen-bond donors (Lipinski definition) is 1. The predicted molar refractivity (Wildman–Crippen MR) is 118 cm³/mol. The third-order valence-corrected chi connectivity index (χ3v) is 6.23. The monoisotopic (exact) mass is 442 g/mol. The summed E-state index contributed by atoms with van der Waals surface area (Å²) in [5.74, 6) is 1.37. The number of halogens is 1. The third kappa shape index (κ3) is 5.41. The van der Waals surface area contributed by atoms with E-state index in [0.717, 1.165) is 35.9 Å². The second-order valence-electron chi connectivity index (χ2n) is 7.11. The van der Waals surface area contributed by atoms with Crippen LogP contribution in [0.4, 0.5) is 0 Å². The van der Waals surface area contributed by atoms with Crippen LogP contribution in [0, 0.1) is 0 Å². The van der Waals surface area contributed by atoms with Crippen molar-refractivity contribution in [2.24, 2.45) is 0 Å². The Hall–Kier alpha value is -2.35. The van der Waals surface area contributed by atoms with E-state index in [1.807, 2.05) is 18.2 Å². The highest BCUT2D eigenvalue weighted by Gasteiger charge is 2.19. The van der Waals surface area contributed by atoms with E-state index >= 15 is 0 Å². The van der Waals surface area contributed by atoms with E-state index in [1.54, 1.807) is 36.0 Å². The number of nitrogens with zero attached hydrogens (tertiary/aromatic N) is 3. The first-order valence-electron chi connectivity index (χ1n) is 9.93. The summed E-state index contributed by atoms with van der Waals surface area (Å²) in [5.41, 5.74) is 1.67. The van der Waals surface area contributed by atoms with Crippen molar-refractivity contribution in [2.45, 2.75) is 37.2 Å². The van der Waals surface area contributed by atoms with E-state index in [4.69, 9.17) is 16.3 Å². The molecule has 0 spiro atoms. The molecule has 0 bridgehead atoms. The van der Waals surface area contributed by atoms with Gasteiger partial charge in [-0.3, -0.25) is 4.79 Å². The fourth-order valence-electron chi connectivity index (χ4n) is 3.32. The van der Waals surface area contributed by atoms with Crippen LogP contribution in [0.3, 0.4) is 0 Å². The molecule has 4 rings (SSSR count). The molecule has 2 aromatic carbocycles. The largest absolute Gasteiger partial charge is 0.377 e. The Labute approximate surface area is 185 Å². The second-order valence-corrected chi connectivity index (χ2v) is 8.53. The van der Waals surface area contributed by atoms with Crippen LogP contribution in [0.5, 0.6) is 0 Å². The summed E-state index contributed by atoms with van der Waals surface area (Å²) in [5, 5.41) is 13.0. The molecule has 30 heavy (non-hydrogen) atoms. The van der Waals surface area contributed by atoms with Crippen molar-refractivity contribution in [2.75, 3.05) is 12.4 Å². The third-order valence-electron chi connectivity index (χ3n) is 4.89. The van der Waals surface area contributed by atoms with E-state index in [-0.39, 0.29) is 18.6 Å². The van der Waals surface area contributed by atoms with Gasteiger partial charge < -0.3 is 14.6 Å². The van der Waals surface area contributed by atoms with Crippen molar-refractivity contribution in [1.82, 2.24) is 20.1 Å². The van der Waals surface area contributed by atoms with Crippen LogP contribution >= 0.6 is 23.4 Å². The lowest BCUT2D eigenvalue weighted by molar-refractivity contribution is 0.0949. The van der Waals surface area contributed by atoms with Crippen LogP contribution in [-0.2, 0) is 17.8 Å². The molecule has 8 heteroatoms. The topological polar surface area (TPSA) is 69.0 Å². The number of rotatable bonds is 8. The number of amides is 1. The number of carbonyl (C=O) groups excluding carboxylic acids is 1. The molecule has 1 N–H and O–H groups in total. The molecule has 0 radical (unpaired) electrons. The Morgan fingerprint density at radius 2 is 2.07 bits per heavy atom. The number of benzene rings is 2. The Morgan fingerprint density at radius 3 is 2.83 bits per heavy atom. The molecule has 156 valence electrons. The second kappa shape index (κ2) is 10.1. The van der Waals surface area contributed by atoms with Crippen molar-refractivity contribution < 1.29 is 9.53 Å². The lowest BCUT2D eigenvalue weighted by atomic mass is 10.2. The van der Waals surface area contributed by atoms with Gasteiger partial charge in [0.15, 0.2) is 11.0 Å². The van der Waals surface area contributed by atoms with Crippen molar-refractivity contribution >= 4 is 29.3 Å². The fraction of sp³-hybridized carbons (Fsp3) is 0.318. The Kier molecular flexibility index (Phi) is 7.04. The van der Waals surface area contributed by atoms with Gasteiger partial charge >= 0.3 is 0 Å². The number of thioether (sulfide) groups is 1. The van der Waals surface area contributed by atoms with Crippen molar-refractivity contribution in [1.29, 1.82) is 0 Å². The molecule has 1 aliphatic rings. The lowest BCUT2D eigenvalue weighted by Gasteiger charge is -2.12. The first-order valence-corrected chi connectivity index (χ1v) is 11.3. The molecule has 0 saturated carbocycles. The first kappa shape index (κ1) is 20.9. The van der Waals surface area contributed by atoms with Gasteiger partial charge in [0.1, 0.15) is 0 Å². The summed E-state index contributed by atoms with van der Waals surface area (Å²) in [7, 11) is 0. The number of aromatic nitrogens is 3. The molecule has 1 aromatic heterocycles. The van der Waals surface area contributed by atoms with Crippen LogP contribution in [0.25, 0.3) is 0 Å². The van der Waals surface area contributed by atoms with Gasteiger partial charge in [0, 0.05) is 22.9 Å². The van der Waals surface area contributed by atoms with E-state index in [9.17, 15) is 4.79 Å². The van der Waals surface area contributed by atoms with Gasteiger partial charge in [-0.25, -0.2) is 0 Å². The zero-order valence-corrected chi connectivity index (χ0v) is 18.0. The highest BCUT2D eigenvalue weighted by Crippen LogP contribution is 2.24. The zero-order chi connectivity index (χ0) is 20.8. The standard InChI is InChI=1S/C22H23ClN4O2S/c23-18-9-4-8-17(12-18)21(28)24-13-20-25-26-22(30-15-19-10-5-11-29-19)27(20)14-16-6-2-1-3-7-16/h1-4,6-9,12,19H,5,10-11,13-15H2,(H,24,28)/t19-/m0/s1. The number of hydrogen-bond acceptors (Lipinski definition) is 5. The highest BCUT2D eigenvalue weighted by molar-refractivity contribution is 7.99. The summed E-state index contributed by atoms with van der Waals surface area (Å²) < 4.78 is 7.79. The molecule has 1 atom stereocenters. The number of ether oxygens (including phenoxy) is 1. The molecular weight excluding hydrogens is 420 g/mol. The highest BCUT2D eigenvalue weighted by atomic mass is 35.5. The van der Waals surface area contributed by atoms with Crippen LogP contribution < -0.4 is 5.32 Å². The van der Waals surface area contributed by atoms with Crippen LogP contribution in [-0.4, -0.2) is 39.1 Å². The van der Waals surface area contributed by atoms with Crippen LogP contribution in [0.2, 0.25) is 5.02 Å². The van der Waals surface area contributed by atoms with Gasteiger partial charge in [0.25, 0.3) is 5.91 Å². The minimum Gasteiger partial charge on any atom is -0.377 e. The van der Waals surface area contributed by atoms with Crippen LogP contribution in [0.1, 0.15) is 34.6 Å². The molecule has 1 aliphatic heterocycles. The molecule has 0 aliphatic carbocycles. The van der Waals surface area contributed by atoms with Crippen molar-refractivity contribution in [3.8, 4) is 0 Å². The maximum Gasteiger partial charge on any atom is 0.251 e. The lowest BCUT2D eigenvalue weighted by Crippen LogP contribution is -2.25. The van der Waals surface area contributed by atoms with Crippen molar-refractivity contribution in [3.05, 3.63) is 76.6 Å². The van der Waals surface area contributed by atoms with Gasteiger partial charge in [-0.1, -0.05) is 59.8 Å². The Bertz CT molecular complexity index is 990.